The first-order valence-electron chi connectivity index (χ1n) is 7.25. The predicted molar refractivity (Wildman–Crippen MR) is 88.9 cm³/mol. The van der Waals surface area contributed by atoms with Crippen LogP contribution in [0, 0.1) is 0 Å². The van der Waals surface area contributed by atoms with Crippen LogP contribution in [0.2, 0.25) is 0 Å². The second-order valence-corrected chi connectivity index (χ2v) is 5.88. The summed E-state index contributed by atoms with van der Waals surface area (Å²) < 4.78 is 17.5. The van der Waals surface area contributed by atoms with Crippen molar-refractivity contribution < 1.29 is 19.0 Å². The molecule has 23 heavy (non-hydrogen) atoms. The molecule has 0 aromatic heterocycles. The predicted octanol–water partition coefficient (Wildman–Crippen LogP) is 2.92. The van der Waals surface area contributed by atoms with E-state index in [4.69, 9.17) is 14.2 Å². The van der Waals surface area contributed by atoms with Gasteiger partial charge in [0.2, 0.25) is 0 Å². The van der Waals surface area contributed by atoms with Crippen molar-refractivity contribution in [3.63, 3.8) is 0 Å². The molecule has 0 aliphatic carbocycles. The van der Waals surface area contributed by atoms with E-state index in [1.165, 1.54) is 0 Å². The van der Waals surface area contributed by atoms with Crippen LogP contribution in [0.3, 0.4) is 0 Å². The molecule has 2 aromatic carbocycles. The van der Waals surface area contributed by atoms with E-state index in [-0.39, 0.29) is 12.5 Å². The topological polar surface area (TPSA) is 56.8 Å². The number of ether oxygens (including phenoxy) is 3. The third kappa shape index (κ3) is 4.16. The SMILES string of the molecule is O=C(COc1ccc(Br)cc1)NCc1cccc2c1OCCO2. The Morgan fingerprint density at radius 2 is 1.91 bits per heavy atom. The highest BCUT2D eigenvalue weighted by molar-refractivity contribution is 9.10. The fourth-order valence-corrected chi connectivity index (χ4v) is 2.46. The zero-order valence-electron chi connectivity index (χ0n) is 12.4. The Hall–Kier alpha value is -2.21. The Bertz CT molecular complexity index is 687. The second-order valence-electron chi connectivity index (χ2n) is 4.96. The molecule has 1 aliphatic heterocycles. The molecule has 1 amide bonds. The summed E-state index contributed by atoms with van der Waals surface area (Å²) in [5, 5.41) is 2.82. The molecular weight excluding hydrogens is 362 g/mol. The minimum atomic E-state index is -0.192. The van der Waals surface area contributed by atoms with E-state index in [9.17, 15) is 4.79 Å². The molecule has 0 radical (unpaired) electrons. The minimum absolute atomic E-state index is 0.0337. The van der Waals surface area contributed by atoms with Crippen molar-refractivity contribution in [1.82, 2.24) is 5.32 Å². The number of nitrogens with one attached hydrogen (secondary N) is 1. The third-order valence-electron chi connectivity index (χ3n) is 3.31. The lowest BCUT2D eigenvalue weighted by atomic mass is 10.1. The molecule has 1 N–H and O–H groups in total. The number of benzene rings is 2. The summed E-state index contributed by atoms with van der Waals surface area (Å²) in [6.45, 7) is 1.40. The zero-order chi connectivity index (χ0) is 16.1. The van der Waals surface area contributed by atoms with Crippen molar-refractivity contribution in [3.05, 3.63) is 52.5 Å². The van der Waals surface area contributed by atoms with Gasteiger partial charge in [0.25, 0.3) is 5.91 Å². The highest BCUT2D eigenvalue weighted by Crippen LogP contribution is 2.33. The summed E-state index contributed by atoms with van der Waals surface area (Å²) >= 11 is 3.35. The van der Waals surface area contributed by atoms with Crippen molar-refractivity contribution in [1.29, 1.82) is 0 Å². The molecule has 6 heteroatoms. The highest BCUT2D eigenvalue weighted by atomic mass is 79.9. The van der Waals surface area contributed by atoms with Crippen molar-refractivity contribution in [2.45, 2.75) is 6.54 Å². The Morgan fingerprint density at radius 3 is 2.74 bits per heavy atom. The third-order valence-corrected chi connectivity index (χ3v) is 3.84. The fourth-order valence-electron chi connectivity index (χ4n) is 2.20. The van der Waals surface area contributed by atoms with Crippen LogP contribution in [-0.4, -0.2) is 25.7 Å². The first kappa shape index (κ1) is 15.7. The molecule has 0 spiro atoms. The Kier molecular flexibility index (Phi) is 5.02. The Morgan fingerprint density at radius 1 is 1.13 bits per heavy atom. The summed E-state index contributed by atoms with van der Waals surface area (Å²) in [6.07, 6.45) is 0. The summed E-state index contributed by atoms with van der Waals surface area (Å²) in [5.41, 5.74) is 0.888. The molecule has 1 heterocycles. The number of rotatable bonds is 5. The van der Waals surface area contributed by atoms with Gasteiger partial charge in [0.1, 0.15) is 19.0 Å². The minimum Gasteiger partial charge on any atom is -0.486 e. The van der Waals surface area contributed by atoms with Crippen LogP contribution in [0.15, 0.2) is 46.9 Å². The van der Waals surface area contributed by atoms with E-state index in [1.807, 2.05) is 30.3 Å². The Balaban J connectivity index is 1.52. The maximum Gasteiger partial charge on any atom is 0.258 e. The summed E-state index contributed by atoms with van der Waals surface area (Å²) in [4.78, 5) is 11.9. The standard InChI is InChI=1S/C17H16BrNO4/c18-13-4-6-14(7-5-13)23-11-16(20)19-10-12-2-1-3-15-17(12)22-9-8-21-15/h1-7H,8-11H2,(H,19,20). The number of carbonyl (C=O) groups is 1. The molecule has 3 rings (SSSR count). The molecule has 1 aliphatic rings. The van der Waals surface area contributed by atoms with Crippen LogP contribution >= 0.6 is 15.9 Å². The van der Waals surface area contributed by atoms with E-state index >= 15 is 0 Å². The Labute approximate surface area is 142 Å². The average molecular weight is 378 g/mol. The van der Waals surface area contributed by atoms with Crippen LogP contribution in [0.4, 0.5) is 0 Å². The van der Waals surface area contributed by atoms with E-state index in [0.717, 1.165) is 10.0 Å². The smallest absolute Gasteiger partial charge is 0.258 e. The van der Waals surface area contributed by atoms with Gasteiger partial charge in [-0.1, -0.05) is 28.1 Å². The average Bonchev–Trinajstić information content (AvgIpc) is 2.59. The number of amides is 1. The number of carbonyl (C=O) groups excluding carboxylic acids is 1. The quantitative estimate of drug-likeness (QED) is 0.870. The van der Waals surface area contributed by atoms with Gasteiger partial charge in [0, 0.05) is 16.6 Å². The molecule has 0 fully saturated rings. The van der Waals surface area contributed by atoms with Gasteiger partial charge in [0.05, 0.1) is 0 Å². The normalized spacial score (nSPS) is 12.6. The number of fused-ring (bicyclic) bond motifs is 1. The van der Waals surface area contributed by atoms with E-state index in [0.29, 0.717) is 37.0 Å². The monoisotopic (exact) mass is 377 g/mol. The van der Waals surface area contributed by atoms with Crippen LogP contribution in [0.25, 0.3) is 0 Å². The van der Waals surface area contributed by atoms with Gasteiger partial charge in [-0.25, -0.2) is 0 Å². The van der Waals surface area contributed by atoms with Crippen LogP contribution < -0.4 is 19.5 Å². The molecule has 0 saturated heterocycles. The summed E-state index contributed by atoms with van der Waals surface area (Å²) in [5.74, 6) is 1.88. The van der Waals surface area contributed by atoms with Gasteiger partial charge >= 0.3 is 0 Å². The van der Waals surface area contributed by atoms with Gasteiger partial charge in [-0.15, -0.1) is 0 Å². The van der Waals surface area contributed by atoms with E-state index in [2.05, 4.69) is 21.2 Å². The zero-order valence-corrected chi connectivity index (χ0v) is 14.0. The molecule has 5 nitrogen and oxygen atoms in total. The van der Waals surface area contributed by atoms with Gasteiger partial charge in [0.15, 0.2) is 18.1 Å². The molecule has 0 atom stereocenters. The van der Waals surface area contributed by atoms with Gasteiger partial charge in [-0.2, -0.15) is 0 Å². The summed E-state index contributed by atoms with van der Waals surface area (Å²) in [6, 6.07) is 13.0. The molecular formula is C17H16BrNO4. The number of halogens is 1. The highest BCUT2D eigenvalue weighted by Gasteiger charge is 2.15. The molecule has 2 aromatic rings. The fraction of sp³-hybridized carbons (Fsp3) is 0.235. The summed E-state index contributed by atoms with van der Waals surface area (Å²) in [7, 11) is 0. The van der Waals surface area contributed by atoms with E-state index in [1.54, 1.807) is 12.1 Å². The lowest BCUT2D eigenvalue weighted by Gasteiger charge is -2.21. The molecule has 0 bridgehead atoms. The maximum atomic E-state index is 11.9. The number of hydrogen-bond donors (Lipinski definition) is 1. The first-order valence-corrected chi connectivity index (χ1v) is 8.04. The van der Waals surface area contributed by atoms with Crippen molar-refractivity contribution in [2.24, 2.45) is 0 Å². The lowest BCUT2D eigenvalue weighted by Crippen LogP contribution is -2.29. The van der Waals surface area contributed by atoms with Crippen LogP contribution in [0.5, 0.6) is 17.2 Å². The lowest BCUT2D eigenvalue weighted by molar-refractivity contribution is -0.123. The van der Waals surface area contributed by atoms with Crippen molar-refractivity contribution >= 4 is 21.8 Å². The van der Waals surface area contributed by atoms with Gasteiger partial charge in [-0.05, 0) is 30.3 Å². The van der Waals surface area contributed by atoms with Crippen molar-refractivity contribution in [3.8, 4) is 17.2 Å². The molecule has 0 saturated carbocycles. The van der Waals surface area contributed by atoms with Gasteiger partial charge in [-0.3, -0.25) is 4.79 Å². The number of para-hydroxylation sites is 1. The largest absolute Gasteiger partial charge is 0.486 e. The molecule has 120 valence electrons. The van der Waals surface area contributed by atoms with Gasteiger partial charge < -0.3 is 19.5 Å². The first-order chi connectivity index (χ1) is 11.2. The number of hydrogen-bond acceptors (Lipinski definition) is 4. The maximum absolute atomic E-state index is 11.9. The van der Waals surface area contributed by atoms with Crippen molar-refractivity contribution in [2.75, 3.05) is 19.8 Å². The second kappa shape index (κ2) is 7.37. The van der Waals surface area contributed by atoms with E-state index < -0.39 is 0 Å². The molecule has 0 unspecified atom stereocenters. The van der Waals surface area contributed by atoms with Crippen LogP contribution in [0.1, 0.15) is 5.56 Å². The van der Waals surface area contributed by atoms with Crippen LogP contribution in [-0.2, 0) is 11.3 Å².